The maximum Gasteiger partial charge on any atom is 0.254 e. The zero-order valence-electron chi connectivity index (χ0n) is 11.4. The van der Waals surface area contributed by atoms with Gasteiger partial charge in [-0.3, -0.25) is 4.79 Å². The van der Waals surface area contributed by atoms with Crippen molar-refractivity contribution in [1.82, 2.24) is 4.90 Å². The molecule has 0 bridgehead atoms. The third-order valence-corrected chi connectivity index (χ3v) is 3.93. The second-order valence-electron chi connectivity index (χ2n) is 5.29. The van der Waals surface area contributed by atoms with Crippen molar-refractivity contribution in [1.29, 1.82) is 0 Å². The number of aliphatic hydroxyl groups excluding tert-OH is 1. The molecule has 3 nitrogen and oxygen atoms in total. The summed E-state index contributed by atoms with van der Waals surface area (Å²) in [6, 6.07) is 4.04. The minimum absolute atomic E-state index is 0.134. The summed E-state index contributed by atoms with van der Waals surface area (Å²) >= 11 is 0. The van der Waals surface area contributed by atoms with E-state index in [4.69, 9.17) is 0 Å². The Hall–Kier alpha value is -1.42. The summed E-state index contributed by atoms with van der Waals surface area (Å²) in [5.41, 5.74) is 1.13. The van der Waals surface area contributed by atoms with Gasteiger partial charge in [-0.25, -0.2) is 4.39 Å². The number of benzene rings is 1. The van der Waals surface area contributed by atoms with E-state index in [1.54, 1.807) is 18.9 Å². The van der Waals surface area contributed by atoms with E-state index in [0.29, 0.717) is 11.1 Å². The molecule has 1 aromatic rings. The van der Waals surface area contributed by atoms with E-state index in [-0.39, 0.29) is 17.8 Å². The van der Waals surface area contributed by atoms with Crippen LogP contribution in [0.25, 0.3) is 0 Å². The minimum Gasteiger partial charge on any atom is -0.391 e. The lowest BCUT2D eigenvalue weighted by atomic mass is 9.91. The van der Waals surface area contributed by atoms with Gasteiger partial charge in [-0.1, -0.05) is 12.8 Å². The number of nitrogens with zero attached hydrogens (tertiary/aromatic N) is 1. The van der Waals surface area contributed by atoms with Crippen molar-refractivity contribution in [2.24, 2.45) is 0 Å². The van der Waals surface area contributed by atoms with Crippen molar-refractivity contribution in [2.75, 3.05) is 7.05 Å². The number of likely N-dealkylation sites (N-methyl/N-ethyl adjacent to an activating group) is 1. The highest BCUT2D eigenvalue weighted by molar-refractivity contribution is 5.95. The molecule has 0 radical (unpaired) electrons. The number of rotatable bonds is 2. The maximum atomic E-state index is 13.1. The highest BCUT2D eigenvalue weighted by Gasteiger charge is 2.30. The lowest BCUT2D eigenvalue weighted by Gasteiger charge is -2.35. The molecule has 4 heteroatoms. The third kappa shape index (κ3) is 2.95. The van der Waals surface area contributed by atoms with E-state index in [1.165, 1.54) is 18.2 Å². The van der Waals surface area contributed by atoms with Crippen LogP contribution in [0.1, 0.15) is 41.6 Å². The molecule has 19 heavy (non-hydrogen) atoms. The molecule has 1 aliphatic carbocycles. The van der Waals surface area contributed by atoms with Crippen LogP contribution in [0.4, 0.5) is 4.39 Å². The van der Waals surface area contributed by atoms with Crippen LogP contribution in [0.3, 0.4) is 0 Å². The third-order valence-electron chi connectivity index (χ3n) is 3.93. The minimum atomic E-state index is -0.455. The Bertz CT molecular complexity index is 475. The van der Waals surface area contributed by atoms with Gasteiger partial charge < -0.3 is 10.0 Å². The fourth-order valence-electron chi connectivity index (χ4n) is 2.75. The summed E-state index contributed by atoms with van der Waals surface area (Å²) < 4.78 is 13.1. The normalized spacial score (nSPS) is 23.2. The fraction of sp³-hybridized carbons (Fsp3) is 0.533. The number of hydrogen-bond acceptors (Lipinski definition) is 2. The zero-order valence-corrected chi connectivity index (χ0v) is 11.4. The average molecular weight is 265 g/mol. The molecule has 2 atom stereocenters. The highest BCUT2D eigenvalue weighted by Crippen LogP contribution is 2.24. The summed E-state index contributed by atoms with van der Waals surface area (Å²) in [5, 5.41) is 9.99. The molecule has 0 heterocycles. The second kappa shape index (κ2) is 5.70. The fourth-order valence-corrected chi connectivity index (χ4v) is 2.75. The molecule has 0 saturated heterocycles. The van der Waals surface area contributed by atoms with Crippen molar-refractivity contribution in [3.8, 4) is 0 Å². The van der Waals surface area contributed by atoms with Gasteiger partial charge in [-0.2, -0.15) is 0 Å². The van der Waals surface area contributed by atoms with Crippen LogP contribution in [0.15, 0.2) is 18.2 Å². The monoisotopic (exact) mass is 265 g/mol. The molecular formula is C15H20FNO2. The zero-order chi connectivity index (χ0) is 14.0. The average Bonchev–Trinajstić information content (AvgIpc) is 2.38. The smallest absolute Gasteiger partial charge is 0.254 e. The van der Waals surface area contributed by atoms with Crippen molar-refractivity contribution in [3.05, 3.63) is 35.1 Å². The lowest BCUT2D eigenvalue weighted by molar-refractivity contribution is 0.0267. The standard InChI is InChI=1S/C15H20FNO2/c1-10-9-11(16)7-8-12(10)15(19)17(2)13-5-3-4-6-14(13)18/h7-9,13-14,18H,3-6H2,1-2H3. The molecule has 1 N–H and O–H groups in total. The molecule has 1 aromatic carbocycles. The van der Waals surface area contributed by atoms with Gasteiger partial charge in [0.25, 0.3) is 5.91 Å². The van der Waals surface area contributed by atoms with E-state index >= 15 is 0 Å². The first-order chi connectivity index (χ1) is 9.00. The first kappa shape index (κ1) is 14.0. The van der Waals surface area contributed by atoms with Crippen molar-refractivity contribution in [3.63, 3.8) is 0 Å². The lowest BCUT2D eigenvalue weighted by Crippen LogP contribution is -2.46. The van der Waals surface area contributed by atoms with Gasteiger partial charge in [0.1, 0.15) is 5.82 Å². The summed E-state index contributed by atoms with van der Waals surface area (Å²) in [6.45, 7) is 1.72. The second-order valence-corrected chi connectivity index (χ2v) is 5.29. The Morgan fingerprint density at radius 2 is 2.05 bits per heavy atom. The first-order valence-electron chi connectivity index (χ1n) is 6.72. The molecule has 1 aliphatic rings. The Morgan fingerprint density at radius 3 is 2.68 bits per heavy atom. The Balaban J connectivity index is 2.18. The summed E-state index contributed by atoms with van der Waals surface area (Å²) in [7, 11) is 1.71. The number of carbonyl (C=O) groups is 1. The molecule has 0 spiro atoms. The largest absolute Gasteiger partial charge is 0.391 e. The Labute approximate surface area is 113 Å². The van der Waals surface area contributed by atoms with Crippen molar-refractivity contribution >= 4 is 5.91 Å². The Morgan fingerprint density at radius 1 is 1.37 bits per heavy atom. The maximum absolute atomic E-state index is 13.1. The van der Waals surface area contributed by atoms with E-state index in [2.05, 4.69) is 0 Å². The van der Waals surface area contributed by atoms with Crippen LogP contribution in [0.5, 0.6) is 0 Å². The highest BCUT2D eigenvalue weighted by atomic mass is 19.1. The van der Waals surface area contributed by atoms with Gasteiger partial charge >= 0.3 is 0 Å². The van der Waals surface area contributed by atoms with E-state index < -0.39 is 6.10 Å². The van der Waals surface area contributed by atoms with Gasteiger partial charge in [0.2, 0.25) is 0 Å². The van der Waals surface area contributed by atoms with Crippen molar-refractivity contribution < 1.29 is 14.3 Å². The van der Waals surface area contributed by atoms with Crippen LogP contribution in [-0.2, 0) is 0 Å². The van der Waals surface area contributed by atoms with Crippen molar-refractivity contribution in [2.45, 2.75) is 44.8 Å². The number of aryl methyl sites for hydroxylation is 1. The van der Waals surface area contributed by atoms with Crippen LogP contribution in [0, 0.1) is 12.7 Å². The SMILES string of the molecule is Cc1cc(F)ccc1C(=O)N(C)C1CCCCC1O. The van der Waals surface area contributed by atoms with Crippen LogP contribution in [0.2, 0.25) is 0 Å². The summed E-state index contributed by atoms with van der Waals surface area (Å²) in [5.74, 6) is -0.488. The van der Waals surface area contributed by atoms with Crippen LogP contribution >= 0.6 is 0 Å². The molecule has 1 amide bonds. The molecule has 1 fully saturated rings. The summed E-state index contributed by atoms with van der Waals surface area (Å²) in [6.07, 6.45) is 3.15. The van der Waals surface area contributed by atoms with Gasteiger partial charge in [0.15, 0.2) is 0 Å². The van der Waals surface area contributed by atoms with Gasteiger partial charge in [0.05, 0.1) is 12.1 Å². The van der Waals surface area contributed by atoms with Gasteiger partial charge in [0, 0.05) is 12.6 Å². The Kier molecular flexibility index (Phi) is 4.20. The number of hydrogen-bond donors (Lipinski definition) is 1. The molecule has 104 valence electrons. The predicted octanol–water partition coefficient (Wildman–Crippen LogP) is 2.51. The molecule has 2 unspecified atom stereocenters. The molecule has 0 aliphatic heterocycles. The number of aliphatic hydroxyl groups is 1. The van der Waals surface area contributed by atoms with E-state index in [9.17, 15) is 14.3 Å². The quantitative estimate of drug-likeness (QED) is 0.892. The number of halogens is 1. The van der Waals surface area contributed by atoms with E-state index in [1.807, 2.05) is 0 Å². The van der Waals surface area contributed by atoms with Crippen LogP contribution < -0.4 is 0 Å². The summed E-state index contributed by atoms with van der Waals surface area (Å²) in [4.78, 5) is 14.0. The van der Waals surface area contributed by atoms with Gasteiger partial charge in [-0.05, 0) is 43.5 Å². The molecule has 2 rings (SSSR count). The molecular weight excluding hydrogens is 245 g/mol. The molecule has 1 saturated carbocycles. The number of carbonyl (C=O) groups excluding carboxylic acids is 1. The van der Waals surface area contributed by atoms with Crippen LogP contribution in [-0.4, -0.2) is 35.1 Å². The topological polar surface area (TPSA) is 40.5 Å². The van der Waals surface area contributed by atoms with E-state index in [0.717, 1.165) is 25.7 Å². The predicted molar refractivity (Wildman–Crippen MR) is 71.5 cm³/mol. The van der Waals surface area contributed by atoms with Gasteiger partial charge in [-0.15, -0.1) is 0 Å². The number of amides is 1. The first-order valence-corrected chi connectivity index (χ1v) is 6.72. The molecule has 0 aromatic heterocycles.